The van der Waals surface area contributed by atoms with Crippen molar-refractivity contribution in [1.82, 2.24) is 0 Å². The first kappa shape index (κ1) is 35.2. The van der Waals surface area contributed by atoms with Crippen molar-refractivity contribution in [1.29, 1.82) is 0 Å². The minimum atomic E-state index is -4.99. The number of carbonyl (C=O) groups excluding carboxylic acids is 1. The molecule has 0 radical (unpaired) electrons. The number of alkyl halides is 3. The maximum atomic E-state index is 14.7. The molecule has 1 aromatic rings. The van der Waals surface area contributed by atoms with Crippen molar-refractivity contribution in [2.24, 2.45) is 39.4 Å². The van der Waals surface area contributed by atoms with Crippen LogP contribution >= 0.6 is 0 Å². The summed E-state index contributed by atoms with van der Waals surface area (Å²) in [6.45, 7) is 20.9. The molecule has 7 atom stereocenters. The molecule has 4 aliphatic carbocycles. The van der Waals surface area contributed by atoms with Crippen LogP contribution < -0.4 is 0 Å². The molecule has 0 saturated heterocycles. The maximum Gasteiger partial charge on any atom is 0.432 e. The monoisotopic (exact) mass is 642 g/mol. The van der Waals surface area contributed by atoms with Gasteiger partial charge in [-0.15, -0.1) is 0 Å². The van der Waals surface area contributed by atoms with Gasteiger partial charge in [0.1, 0.15) is 6.10 Å². The van der Waals surface area contributed by atoms with E-state index in [2.05, 4.69) is 55.0 Å². The molecule has 0 amide bonds. The Labute approximate surface area is 275 Å². The van der Waals surface area contributed by atoms with Crippen LogP contribution in [0.2, 0.25) is 0 Å². The largest absolute Gasteiger partial charge is 0.459 e. The molecule has 5 rings (SSSR count). The van der Waals surface area contributed by atoms with Gasteiger partial charge in [0.15, 0.2) is 0 Å². The normalized spacial score (nSPS) is 35.5. The van der Waals surface area contributed by atoms with Crippen molar-refractivity contribution in [2.75, 3.05) is 7.11 Å². The topological polar surface area (TPSA) is 35.5 Å². The first-order valence-electron chi connectivity index (χ1n) is 17.6. The van der Waals surface area contributed by atoms with Gasteiger partial charge < -0.3 is 9.47 Å². The van der Waals surface area contributed by atoms with Crippen LogP contribution in [0.25, 0.3) is 0 Å². The Morgan fingerprint density at radius 2 is 1.63 bits per heavy atom. The second-order valence-electron chi connectivity index (χ2n) is 17.2. The number of halogens is 3. The Bertz CT molecular complexity index is 1340. The Kier molecular flexibility index (Phi) is 9.28. The van der Waals surface area contributed by atoms with E-state index < -0.39 is 29.3 Å². The zero-order valence-electron chi connectivity index (χ0n) is 29.5. The van der Waals surface area contributed by atoms with Crippen molar-refractivity contribution in [3.8, 4) is 0 Å². The van der Waals surface area contributed by atoms with E-state index in [0.717, 1.165) is 39.2 Å². The van der Waals surface area contributed by atoms with Crippen LogP contribution in [-0.2, 0) is 19.9 Å². The molecule has 3 nitrogen and oxygen atoms in total. The van der Waals surface area contributed by atoms with Crippen LogP contribution in [0.15, 0.2) is 53.6 Å². The summed E-state index contributed by atoms with van der Waals surface area (Å²) >= 11 is 0. The van der Waals surface area contributed by atoms with E-state index in [1.54, 1.807) is 17.2 Å². The minimum absolute atomic E-state index is 0.0676. The van der Waals surface area contributed by atoms with Crippen LogP contribution in [0.1, 0.15) is 125 Å². The van der Waals surface area contributed by atoms with Crippen molar-refractivity contribution in [3.63, 3.8) is 0 Å². The molecular formula is C40H57F3O3. The Balaban J connectivity index is 1.38. The van der Waals surface area contributed by atoms with Crippen LogP contribution in [0.5, 0.6) is 0 Å². The number of ether oxygens (including phenoxy) is 2. The van der Waals surface area contributed by atoms with E-state index in [9.17, 15) is 18.0 Å². The lowest BCUT2D eigenvalue weighted by molar-refractivity contribution is -0.282. The average Bonchev–Trinajstić information content (AvgIpc) is 2.96. The van der Waals surface area contributed by atoms with E-state index in [1.807, 2.05) is 0 Å². The smallest absolute Gasteiger partial charge is 0.432 e. The number of benzene rings is 1. The molecule has 0 N–H and O–H groups in total. The van der Waals surface area contributed by atoms with Gasteiger partial charge in [-0.3, -0.25) is 0 Å². The Morgan fingerprint density at radius 3 is 2.26 bits per heavy atom. The predicted octanol–water partition coefficient (Wildman–Crippen LogP) is 11.1. The molecule has 1 aromatic carbocycles. The fourth-order valence-electron chi connectivity index (χ4n) is 10.7. The summed E-state index contributed by atoms with van der Waals surface area (Å²) in [6.07, 6.45) is 5.93. The third kappa shape index (κ3) is 5.81. The molecule has 6 heteroatoms. The lowest BCUT2D eigenvalue weighted by Crippen LogP contribution is -2.58. The summed E-state index contributed by atoms with van der Waals surface area (Å²) in [5.74, 6) is -0.242. The van der Waals surface area contributed by atoms with Gasteiger partial charge >= 0.3 is 12.1 Å². The third-order valence-electron chi connectivity index (χ3n) is 13.6. The van der Waals surface area contributed by atoms with Crippen molar-refractivity contribution >= 4 is 5.97 Å². The first-order chi connectivity index (χ1) is 21.3. The number of methoxy groups -OCH3 is 1. The second-order valence-corrected chi connectivity index (χ2v) is 17.2. The summed E-state index contributed by atoms with van der Waals surface area (Å²) in [6, 6.07) is 7.13. The van der Waals surface area contributed by atoms with Gasteiger partial charge in [0, 0.05) is 18.1 Å². The zero-order chi connectivity index (χ0) is 33.9. The Hall–Kier alpha value is -2.08. The van der Waals surface area contributed by atoms with E-state index in [1.165, 1.54) is 61.9 Å². The van der Waals surface area contributed by atoms with Crippen molar-refractivity contribution in [2.45, 2.75) is 137 Å². The number of fused-ring (bicyclic) bond motifs is 2. The van der Waals surface area contributed by atoms with Crippen LogP contribution in [0.4, 0.5) is 13.2 Å². The molecule has 3 fully saturated rings. The second kappa shape index (κ2) is 12.1. The standard InChI is InChI=1S/C40H57F3O3/c1-26-19-21-37(7)24-23-35(3,4)25-31(37)29(26)16-17-30-27(2)15-18-32-36(5,6)33(20-22-38(30,32)8)46-34(44)39(45-9,40(41,42)43)28-13-11-10-12-14-28/h10-14,30-33H,2,15-25H2,1,3-9H3/t30-,31-,32-,33-,37-,38+,39-/m0/s1. The van der Waals surface area contributed by atoms with Gasteiger partial charge in [-0.25, -0.2) is 4.79 Å². The third-order valence-corrected chi connectivity index (χ3v) is 13.6. The van der Waals surface area contributed by atoms with Crippen molar-refractivity contribution in [3.05, 3.63) is 59.2 Å². The predicted molar refractivity (Wildman–Crippen MR) is 178 cm³/mol. The number of rotatable bonds is 7. The zero-order valence-corrected chi connectivity index (χ0v) is 29.5. The summed E-state index contributed by atoms with van der Waals surface area (Å²) in [5, 5.41) is 0. The van der Waals surface area contributed by atoms with Gasteiger partial charge in [0.2, 0.25) is 0 Å². The molecule has 0 spiro atoms. The highest BCUT2D eigenvalue weighted by Gasteiger charge is 2.65. The SMILES string of the molecule is C=C1CC[C@H]2C(C)(C)[C@@H](OC(=O)[C@@](OC)(c3ccccc3)C(F)(F)F)CC[C@]2(C)[C@H]1CCC1=C(C)CC[C@@]2(C)CCC(C)(C)C[C@@H]12. The number of carbonyl (C=O) groups is 1. The van der Waals surface area contributed by atoms with Gasteiger partial charge in [0.25, 0.3) is 5.60 Å². The van der Waals surface area contributed by atoms with Crippen LogP contribution in [0, 0.1) is 39.4 Å². The molecular weight excluding hydrogens is 585 g/mol. The number of hydrogen-bond donors (Lipinski definition) is 0. The van der Waals surface area contributed by atoms with Gasteiger partial charge in [0.05, 0.1) is 0 Å². The number of allylic oxidation sites excluding steroid dienone is 3. The molecule has 3 saturated carbocycles. The lowest BCUT2D eigenvalue weighted by Gasteiger charge is -2.60. The van der Waals surface area contributed by atoms with E-state index in [0.29, 0.717) is 29.1 Å². The molecule has 0 aromatic heterocycles. The van der Waals surface area contributed by atoms with Crippen molar-refractivity contribution < 1.29 is 27.4 Å². The fraction of sp³-hybridized carbons (Fsp3) is 0.725. The summed E-state index contributed by atoms with van der Waals surface area (Å²) in [4.78, 5) is 13.7. The van der Waals surface area contributed by atoms with Crippen LogP contribution in [-0.4, -0.2) is 25.4 Å². The molecule has 4 aliphatic rings. The van der Waals surface area contributed by atoms with Gasteiger partial charge in [-0.2, -0.15) is 13.2 Å². The highest BCUT2D eigenvalue weighted by atomic mass is 19.4. The Morgan fingerprint density at radius 1 is 0.957 bits per heavy atom. The first-order valence-corrected chi connectivity index (χ1v) is 17.6. The number of hydrogen-bond acceptors (Lipinski definition) is 3. The van der Waals surface area contributed by atoms with Gasteiger partial charge in [-0.05, 0) is 112 Å². The fourth-order valence-corrected chi connectivity index (χ4v) is 10.7. The van der Waals surface area contributed by atoms with E-state index in [-0.39, 0.29) is 16.9 Å². The lowest BCUT2D eigenvalue weighted by atomic mass is 9.46. The number of esters is 1. The summed E-state index contributed by atoms with van der Waals surface area (Å²) in [7, 11) is 0.933. The molecule has 256 valence electrons. The average molecular weight is 643 g/mol. The molecule has 0 aliphatic heterocycles. The van der Waals surface area contributed by atoms with E-state index >= 15 is 0 Å². The maximum absolute atomic E-state index is 14.7. The molecule has 0 heterocycles. The summed E-state index contributed by atoms with van der Waals surface area (Å²) < 4.78 is 55.0. The highest BCUT2D eigenvalue weighted by Crippen LogP contribution is 2.64. The van der Waals surface area contributed by atoms with Crippen LogP contribution in [0.3, 0.4) is 0 Å². The minimum Gasteiger partial charge on any atom is -0.459 e. The van der Waals surface area contributed by atoms with Gasteiger partial charge in [-0.1, -0.05) is 95.2 Å². The molecule has 0 unspecified atom stereocenters. The molecule has 0 bridgehead atoms. The molecule has 46 heavy (non-hydrogen) atoms. The summed E-state index contributed by atoms with van der Waals surface area (Å²) in [5.41, 5.74) is 1.30. The van der Waals surface area contributed by atoms with E-state index in [4.69, 9.17) is 9.47 Å². The quantitative estimate of drug-likeness (QED) is 0.219. The highest BCUT2D eigenvalue weighted by molar-refractivity contribution is 5.83.